The first-order valence-electron chi connectivity index (χ1n) is 9.05. The molecule has 1 aromatic heterocycles. The molecule has 3 rings (SSSR count). The van der Waals surface area contributed by atoms with E-state index in [-0.39, 0.29) is 18.7 Å². The minimum absolute atomic E-state index is 0.0953. The fourth-order valence-electron chi connectivity index (χ4n) is 2.74. The highest BCUT2D eigenvalue weighted by atomic mass is 79.9. The van der Waals surface area contributed by atoms with E-state index in [1.54, 1.807) is 30.3 Å². The minimum Gasteiger partial charge on any atom is -0.490 e. The highest BCUT2D eigenvalue weighted by Crippen LogP contribution is 2.35. The Hall–Kier alpha value is -3.33. The predicted molar refractivity (Wildman–Crippen MR) is 112 cm³/mol. The zero-order chi connectivity index (χ0) is 21.7. The van der Waals surface area contributed by atoms with Crippen LogP contribution in [0.15, 0.2) is 57.6 Å². The molecule has 0 unspecified atom stereocenters. The van der Waals surface area contributed by atoms with Crippen LogP contribution in [0.4, 0.5) is 4.79 Å². The van der Waals surface area contributed by atoms with Gasteiger partial charge in [-0.15, -0.1) is 0 Å². The van der Waals surface area contributed by atoms with Crippen LogP contribution in [0.5, 0.6) is 11.5 Å². The first-order chi connectivity index (χ1) is 14.4. The zero-order valence-electron chi connectivity index (χ0n) is 16.1. The van der Waals surface area contributed by atoms with Crippen molar-refractivity contribution < 1.29 is 28.3 Å². The summed E-state index contributed by atoms with van der Waals surface area (Å²) in [7, 11) is 0. The first-order valence-corrected chi connectivity index (χ1v) is 9.85. The lowest BCUT2D eigenvalue weighted by molar-refractivity contribution is -0.130. The van der Waals surface area contributed by atoms with Gasteiger partial charge in [-0.2, -0.15) is 0 Å². The van der Waals surface area contributed by atoms with Gasteiger partial charge in [0.25, 0.3) is 11.8 Å². The normalized spacial score (nSPS) is 15.3. The lowest BCUT2D eigenvalue weighted by Crippen LogP contribution is -2.53. The second-order valence-electron chi connectivity index (χ2n) is 6.14. The number of hydrogen-bond acceptors (Lipinski definition) is 6. The number of barbiturate groups is 1. The van der Waals surface area contributed by atoms with Crippen LogP contribution in [0.3, 0.4) is 0 Å². The Balaban J connectivity index is 1.96. The molecule has 1 fully saturated rings. The number of furan rings is 1. The molecule has 9 heteroatoms. The molecule has 1 N–H and O–H groups in total. The Morgan fingerprint density at radius 3 is 2.67 bits per heavy atom. The van der Waals surface area contributed by atoms with Crippen LogP contribution in [0.25, 0.3) is 6.08 Å². The van der Waals surface area contributed by atoms with Gasteiger partial charge in [-0.1, -0.05) is 28.6 Å². The minimum atomic E-state index is -0.805. The van der Waals surface area contributed by atoms with E-state index < -0.39 is 17.8 Å². The Morgan fingerprint density at radius 1 is 1.23 bits per heavy atom. The third-order valence-corrected chi connectivity index (χ3v) is 4.79. The van der Waals surface area contributed by atoms with E-state index >= 15 is 0 Å². The van der Waals surface area contributed by atoms with Crippen LogP contribution in [0.2, 0.25) is 0 Å². The maximum Gasteiger partial charge on any atom is 0.331 e. The zero-order valence-corrected chi connectivity index (χ0v) is 17.7. The van der Waals surface area contributed by atoms with Gasteiger partial charge >= 0.3 is 6.03 Å². The van der Waals surface area contributed by atoms with Crippen molar-refractivity contribution in [1.29, 1.82) is 0 Å². The number of carbonyl (C=O) groups excluding carboxylic acids is 3. The third kappa shape index (κ3) is 4.62. The summed E-state index contributed by atoms with van der Waals surface area (Å²) in [4.78, 5) is 38.3. The molecule has 1 saturated heterocycles. The van der Waals surface area contributed by atoms with E-state index in [4.69, 9.17) is 13.9 Å². The van der Waals surface area contributed by atoms with Crippen LogP contribution in [0, 0.1) is 0 Å². The largest absolute Gasteiger partial charge is 0.490 e. The summed E-state index contributed by atoms with van der Waals surface area (Å²) in [5.41, 5.74) is 0.319. The van der Waals surface area contributed by atoms with Gasteiger partial charge in [0, 0.05) is 4.47 Å². The van der Waals surface area contributed by atoms with Crippen LogP contribution >= 0.6 is 15.9 Å². The molecule has 0 atom stereocenters. The average Bonchev–Trinajstić information content (AvgIpc) is 3.22. The van der Waals surface area contributed by atoms with Crippen molar-refractivity contribution in [3.05, 3.63) is 64.6 Å². The number of hydrogen-bond donors (Lipinski definition) is 1. The third-order valence-electron chi connectivity index (χ3n) is 4.10. The second kappa shape index (κ2) is 9.45. The molecular formula is C21H19BrN2O6. The van der Waals surface area contributed by atoms with Crippen molar-refractivity contribution >= 4 is 39.9 Å². The van der Waals surface area contributed by atoms with Crippen molar-refractivity contribution in [2.75, 3.05) is 13.2 Å². The number of halogens is 1. The summed E-state index contributed by atoms with van der Waals surface area (Å²) in [6.45, 7) is 6.03. The number of urea groups is 1. The van der Waals surface area contributed by atoms with Crippen LogP contribution in [-0.2, 0) is 16.1 Å². The maximum atomic E-state index is 12.9. The van der Waals surface area contributed by atoms with Gasteiger partial charge < -0.3 is 13.9 Å². The van der Waals surface area contributed by atoms with Gasteiger partial charge in [-0.3, -0.25) is 19.8 Å². The van der Waals surface area contributed by atoms with E-state index in [1.165, 1.54) is 12.3 Å². The van der Waals surface area contributed by atoms with Gasteiger partial charge in [0.1, 0.15) is 17.9 Å². The molecule has 8 nitrogen and oxygen atoms in total. The molecule has 2 heterocycles. The van der Waals surface area contributed by atoms with Gasteiger partial charge in [-0.05, 0) is 42.8 Å². The second-order valence-corrected chi connectivity index (χ2v) is 7.00. The predicted octanol–water partition coefficient (Wildman–Crippen LogP) is 3.67. The Morgan fingerprint density at radius 2 is 2.00 bits per heavy atom. The van der Waals surface area contributed by atoms with E-state index in [9.17, 15) is 14.4 Å². The SMILES string of the molecule is C=CCOc1cc(Br)c(C=C2C(=O)NC(=O)N(Cc3ccco3)C2=O)cc1OCC. The molecule has 1 aromatic carbocycles. The Labute approximate surface area is 181 Å². The molecule has 0 bridgehead atoms. The van der Waals surface area contributed by atoms with E-state index in [0.29, 0.717) is 33.9 Å². The topological polar surface area (TPSA) is 98.1 Å². The van der Waals surface area contributed by atoms with Crippen molar-refractivity contribution in [3.8, 4) is 11.5 Å². The number of imide groups is 2. The fourth-order valence-corrected chi connectivity index (χ4v) is 3.18. The highest BCUT2D eigenvalue weighted by molar-refractivity contribution is 9.10. The average molecular weight is 475 g/mol. The quantitative estimate of drug-likeness (QED) is 0.356. The van der Waals surface area contributed by atoms with Crippen molar-refractivity contribution in [3.63, 3.8) is 0 Å². The number of nitrogens with one attached hydrogen (secondary N) is 1. The van der Waals surface area contributed by atoms with Crippen LogP contribution in [-0.4, -0.2) is 36.0 Å². The summed E-state index contributed by atoms with van der Waals surface area (Å²) in [6, 6.07) is 5.80. The molecular weight excluding hydrogens is 456 g/mol. The monoisotopic (exact) mass is 474 g/mol. The lowest BCUT2D eigenvalue weighted by Gasteiger charge is -2.25. The summed E-state index contributed by atoms with van der Waals surface area (Å²) in [5.74, 6) is -0.160. The van der Waals surface area contributed by atoms with Gasteiger partial charge in [-0.25, -0.2) is 4.79 Å². The molecule has 1 aliphatic heterocycles. The number of rotatable bonds is 8. The van der Waals surface area contributed by atoms with Gasteiger partial charge in [0.2, 0.25) is 0 Å². The Bertz CT molecular complexity index is 1010. The molecule has 0 aliphatic carbocycles. The number of amides is 4. The first kappa shape index (κ1) is 21.4. The van der Waals surface area contributed by atoms with E-state index in [2.05, 4.69) is 27.8 Å². The molecule has 4 amide bonds. The number of ether oxygens (including phenoxy) is 2. The number of benzene rings is 1. The standard InChI is InChI=1S/C21H19BrN2O6/c1-3-7-30-18-11-16(22)13(10-17(18)28-4-2)9-15-19(25)23-21(27)24(20(15)26)12-14-6-5-8-29-14/h3,5-6,8-11H,1,4,7,12H2,2H3,(H,23,25,27). The van der Waals surface area contributed by atoms with Gasteiger partial charge in [0.15, 0.2) is 11.5 Å². The lowest BCUT2D eigenvalue weighted by atomic mass is 10.1. The maximum absolute atomic E-state index is 12.9. The smallest absolute Gasteiger partial charge is 0.331 e. The number of nitrogens with zero attached hydrogens (tertiary/aromatic N) is 1. The molecule has 30 heavy (non-hydrogen) atoms. The fraction of sp³-hybridized carbons (Fsp3) is 0.190. The van der Waals surface area contributed by atoms with Crippen molar-refractivity contribution in [1.82, 2.24) is 10.2 Å². The molecule has 156 valence electrons. The summed E-state index contributed by atoms with van der Waals surface area (Å²) >= 11 is 3.42. The van der Waals surface area contributed by atoms with Crippen molar-refractivity contribution in [2.24, 2.45) is 0 Å². The summed E-state index contributed by atoms with van der Waals surface area (Å²) < 4.78 is 17.0. The molecule has 1 aliphatic rings. The van der Waals surface area contributed by atoms with Gasteiger partial charge in [0.05, 0.1) is 19.4 Å². The van der Waals surface area contributed by atoms with E-state index in [1.807, 2.05) is 6.92 Å². The highest BCUT2D eigenvalue weighted by Gasteiger charge is 2.36. The summed E-state index contributed by atoms with van der Waals surface area (Å²) in [6.07, 6.45) is 4.43. The summed E-state index contributed by atoms with van der Waals surface area (Å²) in [5, 5.41) is 2.18. The van der Waals surface area contributed by atoms with Crippen molar-refractivity contribution in [2.45, 2.75) is 13.5 Å². The molecule has 0 saturated carbocycles. The van der Waals surface area contributed by atoms with E-state index in [0.717, 1.165) is 4.90 Å². The van der Waals surface area contributed by atoms with Crippen LogP contribution in [0.1, 0.15) is 18.2 Å². The number of carbonyl (C=O) groups is 3. The van der Waals surface area contributed by atoms with Crippen LogP contribution < -0.4 is 14.8 Å². The molecule has 2 aromatic rings. The molecule has 0 radical (unpaired) electrons. The molecule has 0 spiro atoms. The Kier molecular flexibility index (Phi) is 6.73.